The smallest absolute Gasteiger partial charge is 0.273 e. The van der Waals surface area contributed by atoms with Crippen molar-refractivity contribution in [2.24, 2.45) is 0 Å². The van der Waals surface area contributed by atoms with Gasteiger partial charge in [-0.05, 0) is 85.7 Å². The summed E-state index contributed by atoms with van der Waals surface area (Å²) in [7, 11) is 0. The maximum atomic E-state index is 11.9. The van der Waals surface area contributed by atoms with E-state index >= 15 is 0 Å². The van der Waals surface area contributed by atoms with E-state index in [1.165, 1.54) is 0 Å². The molecule has 3 aromatic rings. The maximum Gasteiger partial charge on any atom is 0.273 e. The number of aryl methyl sites for hydroxylation is 1. The molecule has 1 aromatic heterocycles. The molecule has 2 N–H and O–H groups in total. The number of nitrogens with zero attached hydrogens (tertiary/aromatic N) is 1. The van der Waals surface area contributed by atoms with Crippen molar-refractivity contribution >= 4 is 45.2 Å². The highest BCUT2D eigenvalue weighted by Gasteiger charge is 2.21. The van der Waals surface area contributed by atoms with Gasteiger partial charge >= 0.3 is 0 Å². The number of rotatable bonds is 5. The van der Waals surface area contributed by atoms with Crippen molar-refractivity contribution in [2.45, 2.75) is 20.5 Å². The zero-order valence-electron chi connectivity index (χ0n) is 16.5. The minimum Gasteiger partial charge on any atom is -0.489 e. The standard InChI is InChI=1S/C23H20BrN3O2S/c1-14-11-17(12-21-22(28)26-23(30)25-21)15(2)27(14)19-7-9-20(10-8-19)29-13-16-3-5-18(24)6-4-16/h3-12H,13H2,1-2H3,(H2,25,26,28,30)/b21-12+. The molecule has 0 atom stereocenters. The monoisotopic (exact) mass is 481 g/mol. The zero-order valence-corrected chi connectivity index (χ0v) is 18.9. The second-order valence-corrected chi connectivity index (χ2v) is 8.36. The molecular weight excluding hydrogens is 462 g/mol. The summed E-state index contributed by atoms with van der Waals surface area (Å²) in [5.74, 6) is 0.601. The highest BCUT2D eigenvalue weighted by atomic mass is 79.9. The number of thiocarbonyl (C=S) groups is 1. The minimum atomic E-state index is -0.211. The maximum absolute atomic E-state index is 11.9. The number of nitrogens with one attached hydrogen (secondary N) is 2. The third kappa shape index (κ3) is 4.32. The largest absolute Gasteiger partial charge is 0.489 e. The Kier molecular flexibility index (Phi) is 5.74. The highest BCUT2D eigenvalue weighted by molar-refractivity contribution is 9.10. The molecule has 0 radical (unpaired) electrons. The topological polar surface area (TPSA) is 55.3 Å². The number of amides is 1. The fourth-order valence-corrected chi connectivity index (χ4v) is 3.87. The van der Waals surface area contributed by atoms with Crippen molar-refractivity contribution in [3.63, 3.8) is 0 Å². The third-order valence-corrected chi connectivity index (χ3v) is 5.64. The van der Waals surface area contributed by atoms with Crippen LogP contribution in [0.4, 0.5) is 0 Å². The van der Waals surface area contributed by atoms with Gasteiger partial charge in [-0.3, -0.25) is 10.1 Å². The van der Waals surface area contributed by atoms with Crippen LogP contribution in [0.5, 0.6) is 5.75 Å². The summed E-state index contributed by atoms with van der Waals surface area (Å²) >= 11 is 8.44. The van der Waals surface area contributed by atoms with E-state index in [4.69, 9.17) is 17.0 Å². The van der Waals surface area contributed by atoms with E-state index in [0.29, 0.717) is 17.4 Å². The van der Waals surface area contributed by atoms with Crippen LogP contribution in [0.1, 0.15) is 22.5 Å². The fourth-order valence-electron chi connectivity index (χ4n) is 3.41. The lowest BCUT2D eigenvalue weighted by atomic mass is 10.2. The molecule has 30 heavy (non-hydrogen) atoms. The minimum absolute atomic E-state index is 0.211. The van der Waals surface area contributed by atoms with Crippen LogP contribution in [-0.4, -0.2) is 15.6 Å². The van der Waals surface area contributed by atoms with Gasteiger partial charge in [-0.15, -0.1) is 0 Å². The Morgan fingerprint density at radius 2 is 1.77 bits per heavy atom. The Morgan fingerprint density at radius 1 is 1.07 bits per heavy atom. The molecule has 152 valence electrons. The van der Waals surface area contributed by atoms with Gasteiger partial charge in [-0.25, -0.2) is 0 Å². The average molecular weight is 482 g/mol. The average Bonchev–Trinajstić information content (AvgIpc) is 3.19. The van der Waals surface area contributed by atoms with Crippen molar-refractivity contribution < 1.29 is 9.53 Å². The summed E-state index contributed by atoms with van der Waals surface area (Å²) in [6, 6.07) is 18.1. The molecule has 7 heteroatoms. The van der Waals surface area contributed by atoms with Crippen molar-refractivity contribution in [1.82, 2.24) is 15.2 Å². The molecule has 0 spiro atoms. The Balaban J connectivity index is 1.52. The van der Waals surface area contributed by atoms with Crippen LogP contribution in [0.15, 0.2) is 64.8 Å². The molecule has 1 saturated heterocycles. The summed E-state index contributed by atoms with van der Waals surface area (Å²) in [6.45, 7) is 4.59. The molecule has 2 heterocycles. The normalized spacial score (nSPS) is 14.7. The Morgan fingerprint density at radius 3 is 2.40 bits per heavy atom. The van der Waals surface area contributed by atoms with Crippen LogP contribution < -0.4 is 15.4 Å². The first kappa shape index (κ1) is 20.4. The molecule has 1 aliphatic heterocycles. The number of hydrogen-bond donors (Lipinski definition) is 2. The van der Waals surface area contributed by atoms with Gasteiger partial charge in [0.25, 0.3) is 5.91 Å². The number of carbonyl (C=O) groups excluding carboxylic acids is 1. The highest BCUT2D eigenvalue weighted by Crippen LogP contribution is 2.25. The van der Waals surface area contributed by atoms with E-state index in [0.717, 1.165) is 38.4 Å². The van der Waals surface area contributed by atoms with Gasteiger partial charge in [0.05, 0.1) is 0 Å². The molecule has 0 unspecified atom stereocenters. The first-order valence-electron chi connectivity index (χ1n) is 9.41. The first-order chi connectivity index (χ1) is 14.4. The van der Waals surface area contributed by atoms with E-state index in [2.05, 4.69) is 37.2 Å². The number of ether oxygens (including phenoxy) is 1. The first-order valence-corrected chi connectivity index (χ1v) is 10.6. The van der Waals surface area contributed by atoms with Gasteiger partial charge < -0.3 is 14.6 Å². The molecule has 0 bridgehead atoms. The van der Waals surface area contributed by atoms with Crippen LogP contribution in [0, 0.1) is 13.8 Å². The van der Waals surface area contributed by atoms with Crippen LogP contribution in [0.25, 0.3) is 11.8 Å². The predicted molar refractivity (Wildman–Crippen MR) is 126 cm³/mol. The molecular formula is C23H20BrN3O2S. The quantitative estimate of drug-likeness (QED) is 0.406. The predicted octanol–water partition coefficient (Wildman–Crippen LogP) is 4.78. The molecule has 1 aliphatic rings. The van der Waals surface area contributed by atoms with E-state index in [9.17, 15) is 4.79 Å². The molecule has 2 aromatic carbocycles. The van der Waals surface area contributed by atoms with Gasteiger partial charge in [0, 0.05) is 21.5 Å². The lowest BCUT2D eigenvalue weighted by molar-refractivity contribution is -0.115. The number of aromatic nitrogens is 1. The summed E-state index contributed by atoms with van der Waals surface area (Å²) in [5, 5.41) is 5.80. The molecule has 0 aliphatic carbocycles. The van der Waals surface area contributed by atoms with Crippen molar-refractivity contribution in [3.05, 3.63) is 87.3 Å². The van der Waals surface area contributed by atoms with Gasteiger partial charge in [-0.1, -0.05) is 28.1 Å². The third-order valence-electron chi connectivity index (χ3n) is 4.90. The molecule has 1 fully saturated rings. The van der Waals surface area contributed by atoms with E-state index in [1.807, 2.05) is 68.5 Å². The fraction of sp³-hybridized carbons (Fsp3) is 0.130. The van der Waals surface area contributed by atoms with Crippen LogP contribution >= 0.6 is 28.1 Å². The van der Waals surface area contributed by atoms with Gasteiger partial charge in [0.15, 0.2) is 5.11 Å². The summed E-state index contributed by atoms with van der Waals surface area (Å²) in [5.41, 5.74) is 5.67. The van der Waals surface area contributed by atoms with E-state index in [-0.39, 0.29) is 5.91 Å². The zero-order chi connectivity index (χ0) is 21.3. The lowest BCUT2D eigenvalue weighted by Crippen LogP contribution is -2.21. The Bertz CT molecular complexity index is 1150. The second-order valence-electron chi connectivity index (χ2n) is 7.04. The van der Waals surface area contributed by atoms with Gasteiger partial charge in [0.2, 0.25) is 0 Å². The Hall–Kier alpha value is -2.90. The molecule has 4 rings (SSSR count). The molecule has 5 nitrogen and oxygen atoms in total. The molecule has 1 amide bonds. The van der Waals surface area contributed by atoms with E-state index < -0.39 is 0 Å². The summed E-state index contributed by atoms with van der Waals surface area (Å²) in [4.78, 5) is 11.9. The van der Waals surface area contributed by atoms with Gasteiger partial charge in [0.1, 0.15) is 18.1 Å². The van der Waals surface area contributed by atoms with E-state index in [1.54, 1.807) is 0 Å². The number of hydrogen-bond acceptors (Lipinski definition) is 3. The van der Waals surface area contributed by atoms with Gasteiger partial charge in [-0.2, -0.15) is 0 Å². The Labute approximate surface area is 188 Å². The number of carbonyl (C=O) groups is 1. The number of halogens is 1. The SMILES string of the molecule is Cc1cc(/C=C2/NC(=S)NC2=O)c(C)n1-c1ccc(OCc2ccc(Br)cc2)cc1. The summed E-state index contributed by atoms with van der Waals surface area (Å²) in [6.07, 6.45) is 1.82. The molecule has 0 saturated carbocycles. The summed E-state index contributed by atoms with van der Waals surface area (Å²) < 4.78 is 9.10. The lowest BCUT2D eigenvalue weighted by Gasteiger charge is -2.12. The van der Waals surface area contributed by atoms with Crippen molar-refractivity contribution in [3.8, 4) is 11.4 Å². The second kappa shape index (κ2) is 8.45. The van der Waals surface area contributed by atoms with Crippen LogP contribution in [0.3, 0.4) is 0 Å². The van der Waals surface area contributed by atoms with Crippen molar-refractivity contribution in [1.29, 1.82) is 0 Å². The number of benzene rings is 2. The van der Waals surface area contributed by atoms with Crippen molar-refractivity contribution in [2.75, 3.05) is 0 Å². The van der Waals surface area contributed by atoms with Crippen LogP contribution in [0.2, 0.25) is 0 Å². The van der Waals surface area contributed by atoms with Crippen LogP contribution in [-0.2, 0) is 11.4 Å².